The molecule has 0 bridgehead atoms. The minimum atomic E-state index is -4.02. The molecule has 1 unspecified atom stereocenters. The van der Waals surface area contributed by atoms with Crippen LogP contribution in [0.25, 0.3) is 0 Å². The molecule has 0 aliphatic rings. The van der Waals surface area contributed by atoms with Gasteiger partial charge in [-0.3, -0.25) is 9.59 Å². The van der Waals surface area contributed by atoms with Crippen LogP contribution in [0, 0.1) is 0 Å². The molecule has 1 aromatic rings. The summed E-state index contributed by atoms with van der Waals surface area (Å²) in [6.45, 7) is -0.734. The lowest BCUT2D eigenvalue weighted by Gasteiger charge is -2.14. The van der Waals surface area contributed by atoms with E-state index in [2.05, 4.69) is 10.1 Å². The summed E-state index contributed by atoms with van der Waals surface area (Å²) in [6.07, 6.45) is 0. The van der Waals surface area contributed by atoms with Gasteiger partial charge >= 0.3 is 5.97 Å². The second kappa shape index (κ2) is 7.16. The Labute approximate surface area is 122 Å². The summed E-state index contributed by atoms with van der Waals surface area (Å²) < 4.78 is 30.5. The molecule has 0 saturated heterocycles. The number of aliphatic hydroxyl groups is 1. The standard InChI is InChI=1S/C12H16N2O6S/c1-13-11(16)8-3-5-9(6-4-8)21(18,19)14-10(7-15)12(17)20-2/h3-6,10,14-15H,7H2,1-2H3,(H,13,16). The van der Waals surface area contributed by atoms with Crippen molar-refractivity contribution in [1.29, 1.82) is 0 Å². The first kappa shape index (κ1) is 17.1. The molecule has 0 spiro atoms. The third-order valence-corrected chi connectivity index (χ3v) is 4.11. The van der Waals surface area contributed by atoms with Gasteiger partial charge in [-0.15, -0.1) is 0 Å². The molecule has 0 heterocycles. The van der Waals surface area contributed by atoms with Gasteiger partial charge in [0.1, 0.15) is 6.04 Å². The maximum absolute atomic E-state index is 12.0. The van der Waals surface area contributed by atoms with Gasteiger partial charge in [0.2, 0.25) is 10.0 Å². The zero-order chi connectivity index (χ0) is 16.0. The van der Waals surface area contributed by atoms with E-state index in [-0.39, 0.29) is 10.8 Å². The number of amides is 1. The van der Waals surface area contributed by atoms with E-state index in [1.54, 1.807) is 0 Å². The van der Waals surface area contributed by atoms with Crippen molar-refractivity contribution in [3.05, 3.63) is 29.8 Å². The summed E-state index contributed by atoms with van der Waals surface area (Å²) in [6, 6.07) is 3.72. The number of methoxy groups -OCH3 is 1. The highest BCUT2D eigenvalue weighted by molar-refractivity contribution is 7.89. The number of esters is 1. The van der Waals surface area contributed by atoms with Crippen molar-refractivity contribution >= 4 is 21.9 Å². The van der Waals surface area contributed by atoms with Crippen LogP contribution in [-0.2, 0) is 19.6 Å². The average molecular weight is 316 g/mol. The molecule has 0 aromatic heterocycles. The second-order valence-electron chi connectivity index (χ2n) is 3.98. The van der Waals surface area contributed by atoms with Gasteiger partial charge in [-0.25, -0.2) is 8.42 Å². The molecule has 3 N–H and O–H groups in total. The Morgan fingerprint density at radius 1 is 1.29 bits per heavy atom. The predicted octanol–water partition coefficient (Wildman–Crippen LogP) is -1.14. The molecule has 0 saturated carbocycles. The van der Waals surface area contributed by atoms with Gasteiger partial charge in [0.15, 0.2) is 0 Å². The van der Waals surface area contributed by atoms with Gasteiger partial charge in [0, 0.05) is 12.6 Å². The van der Waals surface area contributed by atoms with E-state index in [0.29, 0.717) is 5.56 Å². The average Bonchev–Trinajstić information content (AvgIpc) is 2.51. The molecule has 0 aliphatic carbocycles. The minimum Gasteiger partial charge on any atom is -0.468 e. The maximum atomic E-state index is 12.0. The number of rotatable bonds is 6. The van der Waals surface area contributed by atoms with Gasteiger partial charge in [-0.2, -0.15) is 4.72 Å². The molecule has 21 heavy (non-hydrogen) atoms. The first-order chi connectivity index (χ1) is 9.85. The largest absolute Gasteiger partial charge is 0.468 e. The van der Waals surface area contributed by atoms with Crippen LogP contribution >= 0.6 is 0 Å². The first-order valence-corrected chi connectivity index (χ1v) is 7.37. The quantitative estimate of drug-likeness (QED) is 0.570. The molecular weight excluding hydrogens is 300 g/mol. The molecule has 8 nitrogen and oxygen atoms in total. The van der Waals surface area contributed by atoms with Crippen LogP contribution < -0.4 is 10.0 Å². The molecule has 1 amide bonds. The Kier molecular flexibility index (Phi) is 5.82. The summed E-state index contributed by atoms with van der Waals surface area (Å²) >= 11 is 0. The van der Waals surface area contributed by atoms with E-state index in [9.17, 15) is 18.0 Å². The molecule has 9 heteroatoms. The maximum Gasteiger partial charge on any atom is 0.326 e. The molecule has 1 aromatic carbocycles. The third-order valence-electron chi connectivity index (χ3n) is 2.62. The normalized spacial score (nSPS) is 12.5. The fourth-order valence-corrected chi connectivity index (χ4v) is 2.66. The second-order valence-corrected chi connectivity index (χ2v) is 5.70. The van der Waals surface area contributed by atoms with Gasteiger partial charge in [0.25, 0.3) is 5.91 Å². The fourth-order valence-electron chi connectivity index (χ4n) is 1.49. The third kappa shape index (κ3) is 4.25. The van der Waals surface area contributed by atoms with E-state index in [0.717, 1.165) is 7.11 Å². The van der Waals surface area contributed by atoms with Crippen LogP contribution in [0.4, 0.5) is 0 Å². The van der Waals surface area contributed by atoms with E-state index in [1.807, 2.05) is 4.72 Å². The van der Waals surface area contributed by atoms with E-state index in [1.165, 1.54) is 31.3 Å². The van der Waals surface area contributed by atoms with Crippen LogP contribution in [-0.4, -0.2) is 52.2 Å². The van der Waals surface area contributed by atoms with Crippen molar-refractivity contribution in [1.82, 2.24) is 10.0 Å². The van der Waals surface area contributed by atoms with Crippen molar-refractivity contribution in [2.24, 2.45) is 0 Å². The van der Waals surface area contributed by atoms with Crippen LogP contribution in [0.3, 0.4) is 0 Å². The molecule has 1 rings (SSSR count). The Morgan fingerprint density at radius 3 is 2.29 bits per heavy atom. The highest BCUT2D eigenvalue weighted by Crippen LogP contribution is 2.11. The Morgan fingerprint density at radius 2 is 1.86 bits per heavy atom. The van der Waals surface area contributed by atoms with Gasteiger partial charge in [0.05, 0.1) is 18.6 Å². The number of carbonyl (C=O) groups is 2. The summed E-state index contributed by atoms with van der Waals surface area (Å²) in [5.74, 6) is -1.25. The Balaban J connectivity index is 2.97. The van der Waals surface area contributed by atoms with Crippen molar-refractivity contribution < 1.29 is 27.9 Å². The number of hydrogen-bond donors (Lipinski definition) is 3. The number of carbonyl (C=O) groups excluding carboxylic acids is 2. The van der Waals surface area contributed by atoms with Crippen molar-refractivity contribution in [3.63, 3.8) is 0 Å². The molecule has 0 fully saturated rings. The van der Waals surface area contributed by atoms with Crippen molar-refractivity contribution in [2.75, 3.05) is 20.8 Å². The van der Waals surface area contributed by atoms with E-state index in [4.69, 9.17) is 5.11 Å². The number of benzene rings is 1. The SMILES string of the molecule is CNC(=O)c1ccc(S(=O)(=O)NC(CO)C(=O)OC)cc1. The lowest BCUT2D eigenvalue weighted by atomic mass is 10.2. The Bertz CT molecular complexity index is 611. The van der Waals surface area contributed by atoms with E-state index >= 15 is 0 Å². The first-order valence-electron chi connectivity index (χ1n) is 5.89. The van der Waals surface area contributed by atoms with Crippen LogP contribution in [0.1, 0.15) is 10.4 Å². The van der Waals surface area contributed by atoms with Crippen molar-refractivity contribution in [3.8, 4) is 0 Å². The summed E-state index contributed by atoms with van der Waals surface area (Å²) in [5, 5.41) is 11.4. The van der Waals surface area contributed by atoms with E-state index < -0.39 is 28.6 Å². The van der Waals surface area contributed by atoms with Crippen LogP contribution in [0.5, 0.6) is 0 Å². The summed E-state index contributed by atoms with van der Waals surface area (Å²) in [5.41, 5.74) is 0.295. The van der Waals surface area contributed by atoms with Crippen LogP contribution in [0.2, 0.25) is 0 Å². The zero-order valence-corrected chi connectivity index (χ0v) is 12.3. The molecule has 0 aliphatic heterocycles. The number of hydrogen-bond acceptors (Lipinski definition) is 6. The minimum absolute atomic E-state index is 0.141. The smallest absolute Gasteiger partial charge is 0.326 e. The number of nitrogens with one attached hydrogen (secondary N) is 2. The van der Waals surface area contributed by atoms with Gasteiger partial charge in [-0.05, 0) is 24.3 Å². The number of aliphatic hydroxyl groups excluding tert-OH is 1. The highest BCUT2D eigenvalue weighted by atomic mass is 32.2. The van der Waals surface area contributed by atoms with Crippen molar-refractivity contribution in [2.45, 2.75) is 10.9 Å². The number of ether oxygens (including phenoxy) is 1. The van der Waals surface area contributed by atoms with Crippen LogP contribution in [0.15, 0.2) is 29.2 Å². The van der Waals surface area contributed by atoms with Gasteiger partial charge in [-0.1, -0.05) is 0 Å². The molecule has 0 radical (unpaired) electrons. The highest BCUT2D eigenvalue weighted by Gasteiger charge is 2.25. The Hall–Kier alpha value is -1.97. The number of sulfonamides is 1. The lowest BCUT2D eigenvalue weighted by Crippen LogP contribution is -2.43. The molecular formula is C12H16N2O6S. The zero-order valence-electron chi connectivity index (χ0n) is 11.5. The predicted molar refractivity (Wildman–Crippen MR) is 73.0 cm³/mol. The fraction of sp³-hybridized carbons (Fsp3) is 0.333. The summed E-state index contributed by atoms with van der Waals surface area (Å²) in [4.78, 5) is 22.5. The molecule has 116 valence electrons. The molecule has 1 atom stereocenters. The lowest BCUT2D eigenvalue weighted by molar-refractivity contribution is -0.143. The monoisotopic (exact) mass is 316 g/mol. The topological polar surface area (TPSA) is 122 Å². The summed E-state index contributed by atoms with van der Waals surface area (Å²) in [7, 11) is -1.48. The van der Waals surface area contributed by atoms with Gasteiger partial charge < -0.3 is 15.2 Å².